The Labute approximate surface area is 184 Å². The van der Waals surface area contributed by atoms with E-state index in [0.29, 0.717) is 37.8 Å². The molecule has 0 atom stereocenters. The largest absolute Gasteiger partial charge is 0.444 e. The van der Waals surface area contributed by atoms with Crippen molar-refractivity contribution in [2.45, 2.75) is 77.0 Å². The number of hydrogen-bond donors (Lipinski definition) is 0. The summed E-state index contributed by atoms with van der Waals surface area (Å²) in [5, 5.41) is 8.59. The molecular formula is C24H34N4O3. The van der Waals surface area contributed by atoms with Gasteiger partial charge in [0.05, 0.1) is 13.0 Å². The molecule has 1 amide bonds. The van der Waals surface area contributed by atoms with Crippen LogP contribution in [0, 0.1) is 0 Å². The first-order chi connectivity index (χ1) is 14.8. The highest BCUT2D eigenvalue weighted by atomic mass is 16.6. The third-order valence-corrected chi connectivity index (χ3v) is 6.26. The van der Waals surface area contributed by atoms with Crippen LogP contribution in [0.5, 0.6) is 0 Å². The normalized spacial score (nSPS) is 19.5. The Morgan fingerprint density at radius 3 is 2.48 bits per heavy atom. The molecule has 7 nitrogen and oxygen atoms in total. The van der Waals surface area contributed by atoms with Crippen LogP contribution in [0.4, 0.5) is 4.79 Å². The molecule has 0 unspecified atom stereocenters. The van der Waals surface area contributed by atoms with Crippen molar-refractivity contribution in [2.24, 2.45) is 0 Å². The Balaban J connectivity index is 1.45. The first kappa shape index (κ1) is 21.8. The molecular weight excluding hydrogens is 392 g/mol. The van der Waals surface area contributed by atoms with E-state index in [2.05, 4.69) is 27.2 Å². The van der Waals surface area contributed by atoms with Crippen molar-refractivity contribution in [3.05, 3.63) is 47.7 Å². The van der Waals surface area contributed by atoms with Gasteiger partial charge in [-0.15, -0.1) is 10.2 Å². The average molecular weight is 427 g/mol. The fourth-order valence-corrected chi connectivity index (χ4v) is 4.78. The van der Waals surface area contributed by atoms with E-state index in [9.17, 15) is 4.79 Å². The van der Waals surface area contributed by atoms with Crippen LogP contribution in [-0.2, 0) is 17.7 Å². The first-order valence-electron chi connectivity index (χ1n) is 11.4. The van der Waals surface area contributed by atoms with Gasteiger partial charge in [0.1, 0.15) is 5.60 Å². The molecule has 1 aliphatic heterocycles. The van der Waals surface area contributed by atoms with Crippen molar-refractivity contribution in [2.75, 3.05) is 19.6 Å². The van der Waals surface area contributed by atoms with E-state index in [1.54, 1.807) is 0 Å². The van der Waals surface area contributed by atoms with Gasteiger partial charge in [0.15, 0.2) is 0 Å². The molecule has 0 bridgehead atoms. The van der Waals surface area contributed by atoms with E-state index in [1.165, 1.54) is 19.3 Å². The number of carbonyl (C=O) groups excluding carboxylic acids is 1. The topological polar surface area (TPSA) is 71.7 Å². The molecule has 1 aromatic carbocycles. The SMILES string of the molecule is CC(C)(C)OC(=O)N1CCN(Cc2nnc(Cc3ccccc3)o2)C2(CCCCC2)C1. The van der Waals surface area contributed by atoms with Crippen LogP contribution in [0.25, 0.3) is 0 Å². The van der Waals surface area contributed by atoms with Gasteiger partial charge in [0.25, 0.3) is 0 Å². The lowest BCUT2D eigenvalue weighted by Crippen LogP contribution is -2.63. The summed E-state index contributed by atoms with van der Waals surface area (Å²) >= 11 is 0. The zero-order chi connectivity index (χ0) is 21.9. The van der Waals surface area contributed by atoms with Gasteiger partial charge in [-0.1, -0.05) is 49.6 Å². The lowest BCUT2D eigenvalue weighted by molar-refractivity contribution is -0.0472. The standard InChI is InChI=1S/C24H34N4O3/c1-23(2,3)31-22(29)27-14-15-28(24(18-27)12-8-5-9-13-24)17-21-26-25-20(30-21)16-19-10-6-4-7-11-19/h4,6-7,10-11H,5,8-9,12-18H2,1-3H3. The number of nitrogens with zero attached hydrogens (tertiary/aromatic N) is 4. The van der Waals surface area contributed by atoms with Crippen LogP contribution in [0.2, 0.25) is 0 Å². The first-order valence-corrected chi connectivity index (χ1v) is 11.4. The van der Waals surface area contributed by atoms with E-state index in [0.717, 1.165) is 24.9 Å². The summed E-state index contributed by atoms with van der Waals surface area (Å²) in [6.45, 7) is 8.52. The molecule has 0 radical (unpaired) electrons. The van der Waals surface area contributed by atoms with Crippen LogP contribution in [0.3, 0.4) is 0 Å². The van der Waals surface area contributed by atoms with Crippen molar-refractivity contribution in [1.29, 1.82) is 0 Å². The number of aromatic nitrogens is 2. The lowest BCUT2D eigenvalue weighted by atomic mass is 9.78. The quantitative estimate of drug-likeness (QED) is 0.721. The summed E-state index contributed by atoms with van der Waals surface area (Å²) in [7, 11) is 0. The predicted molar refractivity (Wildman–Crippen MR) is 118 cm³/mol. The van der Waals surface area contributed by atoms with E-state index in [4.69, 9.17) is 9.15 Å². The summed E-state index contributed by atoms with van der Waals surface area (Å²) in [6, 6.07) is 10.2. The number of piperazine rings is 1. The number of rotatable bonds is 4. The molecule has 31 heavy (non-hydrogen) atoms. The summed E-state index contributed by atoms with van der Waals surface area (Å²) in [5.74, 6) is 1.30. The van der Waals surface area contributed by atoms with Gasteiger partial charge in [-0.05, 0) is 39.2 Å². The minimum absolute atomic E-state index is 0.0402. The fraction of sp³-hybridized carbons (Fsp3) is 0.625. The third kappa shape index (κ3) is 5.45. The summed E-state index contributed by atoms with van der Waals surface area (Å²) in [4.78, 5) is 17.1. The molecule has 4 rings (SSSR count). The van der Waals surface area contributed by atoms with Crippen molar-refractivity contribution in [3.8, 4) is 0 Å². The maximum atomic E-state index is 12.7. The van der Waals surface area contributed by atoms with Crippen LogP contribution < -0.4 is 0 Å². The summed E-state index contributed by atoms with van der Waals surface area (Å²) < 4.78 is 11.6. The van der Waals surface area contributed by atoms with Gasteiger partial charge in [0, 0.05) is 25.2 Å². The van der Waals surface area contributed by atoms with Crippen LogP contribution in [-0.4, -0.2) is 56.9 Å². The van der Waals surface area contributed by atoms with E-state index >= 15 is 0 Å². The molecule has 2 fully saturated rings. The fourth-order valence-electron chi connectivity index (χ4n) is 4.78. The zero-order valence-electron chi connectivity index (χ0n) is 19.0. The Morgan fingerprint density at radius 2 is 1.77 bits per heavy atom. The van der Waals surface area contributed by atoms with Crippen molar-refractivity contribution < 1.29 is 13.9 Å². The number of hydrogen-bond acceptors (Lipinski definition) is 6. The number of amides is 1. The molecule has 1 spiro atoms. The average Bonchev–Trinajstić information content (AvgIpc) is 3.16. The Morgan fingerprint density at radius 1 is 1.06 bits per heavy atom. The lowest BCUT2D eigenvalue weighted by Gasteiger charge is -2.52. The Kier molecular flexibility index (Phi) is 6.32. The molecule has 2 heterocycles. The highest BCUT2D eigenvalue weighted by molar-refractivity contribution is 5.68. The maximum Gasteiger partial charge on any atom is 0.410 e. The molecule has 1 saturated carbocycles. The second kappa shape index (κ2) is 8.99. The van der Waals surface area contributed by atoms with Crippen LogP contribution in [0.1, 0.15) is 70.2 Å². The molecule has 7 heteroatoms. The number of carbonyl (C=O) groups is 1. The van der Waals surface area contributed by atoms with Gasteiger partial charge in [-0.2, -0.15) is 0 Å². The van der Waals surface area contributed by atoms with Crippen molar-refractivity contribution in [3.63, 3.8) is 0 Å². The van der Waals surface area contributed by atoms with Gasteiger partial charge >= 0.3 is 6.09 Å². The van der Waals surface area contributed by atoms with Crippen molar-refractivity contribution >= 4 is 6.09 Å². The molecule has 1 aliphatic carbocycles. The van der Waals surface area contributed by atoms with E-state index < -0.39 is 5.60 Å². The second-order valence-electron chi connectivity index (χ2n) is 9.86. The minimum atomic E-state index is -0.479. The molecule has 0 N–H and O–H groups in total. The second-order valence-corrected chi connectivity index (χ2v) is 9.86. The highest BCUT2D eigenvalue weighted by Gasteiger charge is 2.44. The van der Waals surface area contributed by atoms with Gasteiger partial charge in [0.2, 0.25) is 11.8 Å². The zero-order valence-corrected chi connectivity index (χ0v) is 19.0. The van der Waals surface area contributed by atoms with E-state index in [-0.39, 0.29) is 11.6 Å². The monoisotopic (exact) mass is 426 g/mol. The van der Waals surface area contributed by atoms with E-state index in [1.807, 2.05) is 43.9 Å². The maximum absolute atomic E-state index is 12.7. The van der Waals surface area contributed by atoms with Crippen LogP contribution in [0.15, 0.2) is 34.7 Å². The summed E-state index contributed by atoms with van der Waals surface area (Å²) in [5.41, 5.74) is 0.640. The smallest absolute Gasteiger partial charge is 0.410 e. The Hall–Kier alpha value is -2.41. The van der Waals surface area contributed by atoms with Gasteiger partial charge in [-0.3, -0.25) is 4.90 Å². The highest BCUT2D eigenvalue weighted by Crippen LogP contribution is 2.37. The summed E-state index contributed by atoms with van der Waals surface area (Å²) in [6.07, 6.45) is 6.22. The minimum Gasteiger partial charge on any atom is -0.444 e. The van der Waals surface area contributed by atoms with Gasteiger partial charge in [-0.25, -0.2) is 4.79 Å². The molecule has 2 aliphatic rings. The van der Waals surface area contributed by atoms with Crippen molar-refractivity contribution in [1.82, 2.24) is 20.0 Å². The number of benzene rings is 1. The third-order valence-electron chi connectivity index (χ3n) is 6.26. The molecule has 2 aromatic rings. The molecule has 1 aromatic heterocycles. The van der Waals surface area contributed by atoms with Gasteiger partial charge < -0.3 is 14.1 Å². The molecule has 1 saturated heterocycles. The molecule has 168 valence electrons. The van der Waals surface area contributed by atoms with Crippen LogP contribution >= 0.6 is 0 Å². The Bertz CT molecular complexity index is 868. The predicted octanol–water partition coefficient (Wildman–Crippen LogP) is 4.42. The number of ether oxygens (including phenoxy) is 1.